The van der Waals surface area contributed by atoms with Gasteiger partial charge >= 0.3 is 0 Å². The average molecular weight is 263 g/mol. The number of aromatic nitrogens is 2. The largest absolute Gasteiger partial charge is 0.480 e. The summed E-state index contributed by atoms with van der Waals surface area (Å²) >= 11 is 0. The number of likely N-dealkylation sites (tertiary alicyclic amines) is 1. The highest BCUT2D eigenvalue weighted by Crippen LogP contribution is 2.17. The third-order valence-electron chi connectivity index (χ3n) is 2.88. The molecule has 0 saturated carbocycles. The lowest BCUT2D eigenvalue weighted by molar-refractivity contribution is -0.125. The summed E-state index contributed by atoms with van der Waals surface area (Å²) in [6, 6.07) is 3.41. The zero-order chi connectivity index (χ0) is 13.7. The van der Waals surface area contributed by atoms with Gasteiger partial charge in [-0.15, -0.1) is 10.2 Å². The Morgan fingerprint density at radius 1 is 1.42 bits per heavy atom. The summed E-state index contributed by atoms with van der Waals surface area (Å²) in [6.45, 7) is 3.11. The van der Waals surface area contributed by atoms with Crippen molar-refractivity contribution in [3.8, 4) is 11.8 Å². The number of amides is 1. The van der Waals surface area contributed by atoms with Crippen LogP contribution in [0.5, 0.6) is 11.8 Å². The van der Waals surface area contributed by atoms with Gasteiger partial charge in [0.25, 0.3) is 0 Å². The molecule has 1 saturated heterocycles. The number of methoxy groups -OCH3 is 1. The van der Waals surface area contributed by atoms with Crippen LogP contribution < -0.4 is 9.47 Å². The van der Waals surface area contributed by atoms with Crippen molar-refractivity contribution < 1.29 is 14.3 Å². The second-order valence-electron chi connectivity index (χ2n) is 4.23. The van der Waals surface area contributed by atoms with Crippen molar-refractivity contribution in [2.24, 2.45) is 0 Å². The van der Waals surface area contributed by atoms with E-state index in [1.54, 1.807) is 29.2 Å². The van der Waals surface area contributed by atoms with Crippen LogP contribution in [0.1, 0.15) is 13.3 Å². The van der Waals surface area contributed by atoms with Crippen molar-refractivity contribution >= 4 is 5.91 Å². The second-order valence-corrected chi connectivity index (χ2v) is 4.23. The Balaban J connectivity index is 1.89. The van der Waals surface area contributed by atoms with Crippen LogP contribution in [0.3, 0.4) is 0 Å². The van der Waals surface area contributed by atoms with E-state index in [-0.39, 0.29) is 12.0 Å². The van der Waals surface area contributed by atoms with E-state index >= 15 is 0 Å². The quantitative estimate of drug-likeness (QED) is 0.759. The second kappa shape index (κ2) is 6.17. The zero-order valence-corrected chi connectivity index (χ0v) is 11.1. The highest BCUT2D eigenvalue weighted by molar-refractivity contribution is 5.87. The number of carbonyl (C=O) groups excluding carboxylic acids is 1. The summed E-state index contributed by atoms with van der Waals surface area (Å²) in [4.78, 5) is 13.4. The highest BCUT2D eigenvalue weighted by Gasteiger charge is 2.26. The predicted molar refractivity (Wildman–Crippen MR) is 69.0 cm³/mol. The molecular weight excluding hydrogens is 246 g/mol. The lowest BCUT2D eigenvalue weighted by Crippen LogP contribution is -2.29. The molecular formula is C13H17N3O3. The van der Waals surface area contributed by atoms with Gasteiger partial charge in [0.2, 0.25) is 17.7 Å². The Bertz CT molecular complexity index is 459. The molecule has 0 N–H and O–H groups in total. The number of rotatable bonds is 4. The van der Waals surface area contributed by atoms with Crippen LogP contribution in [-0.2, 0) is 4.79 Å². The summed E-state index contributed by atoms with van der Waals surface area (Å²) in [5.74, 6) is 0.921. The van der Waals surface area contributed by atoms with Crippen molar-refractivity contribution in [3.05, 3.63) is 24.3 Å². The normalized spacial score (nSPS) is 18.8. The minimum Gasteiger partial charge on any atom is -0.480 e. The Morgan fingerprint density at radius 2 is 2.16 bits per heavy atom. The van der Waals surface area contributed by atoms with Crippen molar-refractivity contribution in [1.82, 2.24) is 15.1 Å². The van der Waals surface area contributed by atoms with E-state index < -0.39 is 0 Å². The van der Waals surface area contributed by atoms with Crippen LogP contribution in [0.2, 0.25) is 0 Å². The van der Waals surface area contributed by atoms with Gasteiger partial charge < -0.3 is 14.4 Å². The van der Waals surface area contributed by atoms with Crippen molar-refractivity contribution in [2.45, 2.75) is 19.4 Å². The lowest BCUT2D eigenvalue weighted by atomic mass is 10.3. The van der Waals surface area contributed by atoms with Crippen LogP contribution in [-0.4, -0.2) is 47.3 Å². The molecule has 0 aromatic carbocycles. The summed E-state index contributed by atoms with van der Waals surface area (Å²) in [5, 5.41) is 7.74. The molecule has 19 heavy (non-hydrogen) atoms. The maximum atomic E-state index is 11.7. The van der Waals surface area contributed by atoms with Crippen LogP contribution in [0.15, 0.2) is 24.3 Å². The number of carbonyl (C=O) groups is 1. The fraction of sp³-hybridized carbons (Fsp3) is 0.462. The molecule has 1 aliphatic heterocycles. The number of nitrogens with zero attached hydrogens (tertiary/aromatic N) is 3. The minimum absolute atomic E-state index is 0.0226. The van der Waals surface area contributed by atoms with Gasteiger partial charge in [0.05, 0.1) is 13.7 Å². The molecule has 1 amide bonds. The van der Waals surface area contributed by atoms with Crippen LogP contribution in [0.25, 0.3) is 0 Å². The average Bonchev–Trinajstić information content (AvgIpc) is 2.88. The summed E-state index contributed by atoms with van der Waals surface area (Å²) in [7, 11) is 1.53. The molecule has 0 unspecified atom stereocenters. The molecule has 6 nitrogen and oxygen atoms in total. The van der Waals surface area contributed by atoms with Crippen molar-refractivity contribution in [1.29, 1.82) is 0 Å². The summed E-state index contributed by atoms with van der Waals surface area (Å²) in [6.07, 6.45) is 4.08. The molecule has 102 valence electrons. The lowest BCUT2D eigenvalue weighted by Gasteiger charge is -2.15. The number of ether oxygens (including phenoxy) is 2. The number of allylic oxidation sites excluding steroid dienone is 1. The molecule has 1 aliphatic rings. The smallest absolute Gasteiger partial charge is 0.246 e. The van der Waals surface area contributed by atoms with Gasteiger partial charge in [-0.05, 0) is 13.0 Å². The first-order valence-electron chi connectivity index (χ1n) is 6.19. The summed E-state index contributed by atoms with van der Waals surface area (Å²) in [5.41, 5.74) is 0. The fourth-order valence-corrected chi connectivity index (χ4v) is 1.92. The van der Waals surface area contributed by atoms with Crippen molar-refractivity contribution in [2.75, 3.05) is 20.2 Å². The summed E-state index contributed by atoms with van der Waals surface area (Å²) < 4.78 is 10.6. The number of hydrogen-bond donors (Lipinski definition) is 0. The maximum absolute atomic E-state index is 11.7. The van der Waals surface area contributed by atoms with E-state index in [4.69, 9.17) is 9.47 Å². The Labute approximate surface area is 112 Å². The standard InChI is InChI=1S/C13H17N3O3/c1-3-4-13(17)16-8-7-10(9-16)19-12-6-5-11(18-2)14-15-12/h3-6,10H,7-9H2,1-2H3/b4-3+/t10-/m0/s1. The fourth-order valence-electron chi connectivity index (χ4n) is 1.92. The van der Waals surface area contributed by atoms with Gasteiger partial charge in [0.1, 0.15) is 6.10 Å². The van der Waals surface area contributed by atoms with E-state index in [1.807, 2.05) is 6.92 Å². The molecule has 1 aromatic heterocycles. The van der Waals surface area contributed by atoms with Gasteiger partial charge in [0.15, 0.2) is 0 Å². The molecule has 1 atom stereocenters. The Morgan fingerprint density at radius 3 is 2.79 bits per heavy atom. The molecule has 2 heterocycles. The minimum atomic E-state index is -0.0306. The van der Waals surface area contributed by atoms with E-state index in [9.17, 15) is 4.79 Å². The van der Waals surface area contributed by atoms with E-state index in [0.29, 0.717) is 24.8 Å². The molecule has 6 heteroatoms. The highest BCUT2D eigenvalue weighted by atomic mass is 16.5. The van der Waals surface area contributed by atoms with E-state index in [2.05, 4.69) is 10.2 Å². The van der Waals surface area contributed by atoms with Crippen LogP contribution >= 0.6 is 0 Å². The third kappa shape index (κ3) is 3.43. The SMILES string of the molecule is C/C=C/C(=O)N1CC[C@H](Oc2ccc(OC)nn2)C1. The van der Waals surface area contributed by atoms with Crippen LogP contribution in [0, 0.1) is 0 Å². The Kier molecular flexibility index (Phi) is 4.33. The monoisotopic (exact) mass is 263 g/mol. The molecule has 1 aromatic rings. The Hall–Kier alpha value is -2.11. The van der Waals surface area contributed by atoms with Gasteiger partial charge in [-0.1, -0.05) is 6.08 Å². The molecule has 0 spiro atoms. The van der Waals surface area contributed by atoms with Crippen molar-refractivity contribution in [3.63, 3.8) is 0 Å². The number of hydrogen-bond acceptors (Lipinski definition) is 5. The first-order valence-corrected chi connectivity index (χ1v) is 6.19. The first-order chi connectivity index (χ1) is 9.22. The van der Waals surface area contributed by atoms with Crippen LogP contribution in [0.4, 0.5) is 0 Å². The van der Waals surface area contributed by atoms with E-state index in [1.165, 1.54) is 7.11 Å². The third-order valence-corrected chi connectivity index (χ3v) is 2.88. The van der Waals surface area contributed by atoms with Gasteiger partial charge in [-0.3, -0.25) is 4.79 Å². The predicted octanol–water partition coefficient (Wildman–Crippen LogP) is 1.04. The molecule has 0 radical (unpaired) electrons. The first kappa shape index (κ1) is 13.3. The zero-order valence-electron chi connectivity index (χ0n) is 11.1. The molecule has 2 rings (SSSR count). The van der Waals surface area contributed by atoms with Gasteiger partial charge in [-0.25, -0.2) is 0 Å². The maximum Gasteiger partial charge on any atom is 0.246 e. The molecule has 1 fully saturated rings. The van der Waals surface area contributed by atoms with Gasteiger partial charge in [0, 0.05) is 25.1 Å². The topological polar surface area (TPSA) is 64.6 Å². The molecule has 0 bridgehead atoms. The van der Waals surface area contributed by atoms with E-state index in [0.717, 1.165) is 6.42 Å². The molecule has 0 aliphatic carbocycles. The van der Waals surface area contributed by atoms with Gasteiger partial charge in [-0.2, -0.15) is 0 Å².